The van der Waals surface area contributed by atoms with Gasteiger partial charge in [-0.25, -0.2) is 14.4 Å². The van der Waals surface area contributed by atoms with Gasteiger partial charge in [0.15, 0.2) is 0 Å². The summed E-state index contributed by atoms with van der Waals surface area (Å²) in [7, 11) is 0. The summed E-state index contributed by atoms with van der Waals surface area (Å²) >= 11 is 0. The molecule has 0 N–H and O–H groups in total. The third kappa shape index (κ3) is 4.13. The smallest absolute Gasteiger partial charge is 0.136 e. The fourth-order valence-corrected chi connectivity index (χ4v) is 4.14. The second-order valence-corrected chi connectivity index (χ2v) is 7.84. The molecular formula is C24H27ClFN3. The molecule has 1 aliphatic heterocycles. The zero-order chi connectivity index (χ0) is 19.8. The van der Waals surface area contributed by atoms with Gasteiger partial charge in [-0.15, -0.1) is 12.4 Å². The lowest BCUT2D eigenvalue weighted by Gasteiger charge is -2.40. The van der Waals surface area contributed by atoms with Crippen molar-refractivity contribution in [2.45, 2.75) is 46.1 Å². The molecule has 4 rings (SSSR count). The van der Waals surface area contributed by atoms with Crippen molar-refractivity contribution < 1.29 is 4.39 Å². The Bertz CT molecular complexity index is 1000. The van der Waals surface area contributed by atoms with E-state index in [4.69, 9.17) is 9.97 Å². The molecule has 2 aromatic carbocycles. The zero-order valence-electron chi connectivity index (χ0n) is 17.3. The van der Waals surface area contributed by atoms with Gasteiger partial charge >= 0.3 is 0 Å². The number of fused-ring (bicyclic) bond motifs is 1. The molecular weight excluding hydrogens is 385 g/mol. The first-order valence-electron chi connectivity index (χ1n) is 9.88. The van der Waals surface area contributed by atoms with Crippen LogP contribution < -0.4 is 4.90 Å². The van der Waals surface area contributed by atoms with Crippen molar-refractivity contribution in [3.05, 3.63) is 88.1 Å². The summed E-state index contributed by atoms with van der Waals surface area (Å²) in [5.74, 6) is 2.02. The predicted octanol–water partition coefficient (Wildman–Crippen LogP) is 5.93. The molecule has 0 saturated heterocycles. The van der Waals surface area contributed by atoms with Crippen LogP contribution in [0.1, 0.15) is 59.6 Å². The van der Waals surface area contributed by atoms with Crippen molar-refractivity contribution >= 4 is 18.2 Å². The minimum atomic E-state index is -0.222. The lowest BCUT2D eigenvalue weighted by molar-refractivity contribution is 0.559. The van der Waals surface area contributed by atoms with Crippen molar-refractivity contribution in [3.63, 3.8) is 0 Å². The van der Waals surface area contributed by atoms with Crippen molar-refractivity contribution in [2.75, 3.05) is 11.4 Å². The molecule has 5 heteroatoms. The summed E-state index contributed by atoms with van der Waals surface area (Å²) in [4.78, 5) is 12.1. The fourth-order valence-electron chi connectivity index (χ4n) is 4.14. The third-order valence-corrected chi connectivity index (χ3v) is 5.87. The van der Waals surface area contributed by atoms with Crippen LogP contribution in [0.25, 0.3) is 0 Å². The van der Waals surface area contributed by atoms with E-state index >= 15 is 0 Å². The first-order valence-corrected chi connectivity index (χ1v) is 9.88. The third-order valence-electron chi connectivity index (χ3n) is 5.87. The Morgan fingerprint density at radius 2 is 1.62 bits per heavy atom. The molecule has 3 nitrogen and oxygen atoms in total. The number of hydrogen-bond acceptors (Lipinski definition) is 3. The molecule has 0 radical (unpaired) electrons. The van der Waals surface area contributed by atoms with Crippen molar-refractivity contribution in [3.8, 4) is 0 Å². The Balaban J connectivity index is 0.00000240. The molecule has 2 atom stereocenters. The molecule has 2 unspecified atom stereocenters. The van der Waals surface area contributed by atoms with Crippen LogP contribution in [0.3, 0.4) is 0 Å². The second kappa shape index (κ2) is 8.50. The monoisotopic (exact) mass is 411 g/mol. The maximum Gasteiger partial charge on any atom is 0.136 e. The van der Waals surface area contributed by atoms with Gasteiger partial charge in [-0.05, 0) is 55.5 Å². The average molecular weight is 412 g/mol. The van der Waals surface area contributed by atoms with Crippen LogP contribution in [0.5, 0.6) is 0 Å². The summed E-state index contributed by atoms with van der Waals surface area (Å²) in [5, 5.41) is 0. The zero-order valence-corrected chi connectivity index (χ0v) is 18.1. The van der Waals surface area contributed by atoms with E-state index < -0.39 is 0 Å². The van der Waals surface area contributed by atoms with Crippen molar-refractivity contribution in [1.82, 2.24) is 9.97 Å². The number of aryl methyl sites for hydroxylation is 1. The molecule has 0 spiro atoms. The highest BCUT2D eigenvalue weighted by Gasteiger charge is 2.30. The van der Waals surface area contributed by atoms with Crippen LogP contribution in [0.4, 0.5) is 10.2 Å². The SMILES string of the molecule is Cc1nc(Cc2ccc(F)cc2)nc(N2CC(C)c3ccccc3C2C)c1C.Cl. The standard InChI is InChI=1S/C24H26FN3.ClH/c1-15-14-28(18(4)22-8-6-5-7-21(15)22)24-16(2)17(3)26-23(27-24)13-19-9-11-20(25)12-10-19;/h5-12,15,18H,13-14H2,1-4H3;1H. The average Bonchev–Trinajstić information content (AvgIpc) is 2.69. The summed E-state index contributed by atoms with van der Waals surface area (Å²) in [6, 6.07) is 15.6. The van der Waals surface area contributed by atoms with Gasteiger partial charge in [-0.3, -0.25) is 0 Å². The number of benzene rings is 2. The van der Waals surface area contributed by atoms with E-state index in [1.165, 1.54) is 23.3 Å². The van der Waals surface area contributed by atoms with Gasteiger partial charge in [-0.1, -0.05) is 43.3 Å². The van der Waals surface area contributed by atoms with E-state index in [0.717, 1.165) is 35.0 Å². The lowest BCUT2D eigenvalue weighted by atomic mass is 9.86. The Morgan fingerprint density at radius 3 is 2.31 bits per heavy atom. The van der Waals surface area contributed by atoms with E-state index in [2.05, 4.69) is 49.9 Å². The topological polar surface area (TPSA) is 29.0 Å². The van der Waals surface area contributed by atoms with E-state index in [1.54, 1.807) is 12.1 Å². The molecule has 0 saturated carbocycles. The highest BCUT2D eigenvalue weighted by molar-refractivity contribution is 5.85. The Morgan fingerprint density at radius 1 is 0.966 bits per heavy atom. The van der Waals surface area contributed by atoms with Crippen molar-refractivity contribution in [2.24, 2.45) is 0 Å². The van der Waals surface area contributed by atoms with E-state index in [9.17, 15) is 4.39 Å². The molecule has 29 heavy (non-hydrogen) atoms. The molecule has 2 heterocycles. The number of nitrogens with zero attached hydrogens (tertiary/aromatic N) is 3. The number of halogens is 2. The van der Waals surface area contributed by atoms with Crippen LogP contribution >= 0.6 is 12.4 Å². The molecule has 1 aliphatic rings. The second-order valence-electron chi connectivity index (χ2n) is 7.84. The maximum absolute atomic E-state index is 13.2. The summed E-state index contributed by atoms with van der Waals surface area (Å²) in [5.41, 5.74) is 5.95. The number of aromatic nitrogens is 2. The number of anilines is 1. The minimum Gasteiger partial charge on any atom is -0.349 e. The number of hydrogen-bond donors (Lipinski definition) is 0. The Hall–Kier alpha value is -2.46. The molecule has 0 bridgehead atoms. The maximum atomic E-state index is 13.2. The Kier molecular flexibility index (Phi) is 6.23. The van der Waals surface area contributed by atoms with Crippen LogP contribution in [0, 0.1) is 19.7 Å². The highest BCUT2D eigenvalue weighted by atomic mass is 35.5. The summed E-state index contributed by atoms with van der Waals surface area (Å²) in [6.07, 6.45) is 0.600. The van der Waals surface area contributed by atoms with Gasteiger partial charge in [0.25, 0.3) is 0 Å². The van der Waals surface area contributed by atoms with Crippen LogP contribution in [-0.4, -0.2) is 16.5 Å². The van der Waals surface area contributed by atoms with Gasteiger partial charge in [0.2, 0.25) is 0 Å². The van der Waals surface area contributed by atoms with Gasteiger partial charge in [0.05, 0.1) is 6.04 Å². The normalized spacial score (nSPS) is 18.2. The first kappa shape index (κ1) is 21.3. The molecule has 152 valence electrons. The number of rotatable bonds is 3. The van der Waals surface area contributed by atoms with Crippen LogP contribution in [0.15, 0.2) is 48.5 Å². The van der Waals surface area contributed by atoms with E-state index in [1.807, 2.05) is 6.92 Å². The van der Waals surface area contributed by atoms with Crippen LogP contribution in [-0.2, 0) is 6.42 Å². The fraction of sp³-hybridized carbons (Fsp3) is 0.333. The molecule has 0 aliphatic carbocycles. The molecule has 0 amide bonds. The molecule has 3 aromatic rings. The van der Waals surface area contributed by atoms with Gasteiger partial charge in [0, 0.05) is 24.2 Å². The van der Waals surface area contributed by atoms with Crippen LogP contribution in [0.2, 0.25) is 0 Å². The first-order chi connectivity index (χ1) is 13.4. The molecule has 0 fully saturated rings. The van der Waals surface area contributed by atoms with E-state index in [-0.39, 0.29) is 24.3 Å². The highest BCUT2D eigenvalue weighted by Crippen LogP contribution is 2.39. The van der Waals surface area contributed by atoms with Gasteiger partial charge in [-0.2, -0.15) is 0 Å². The Labute approximate surface area is 178 Å². The van der Waals surface area contributed by atoms with Gasteiger partial charge < -0.3 is 4.90 Å². The predicted molar refractivity (Wildman–Crippen MR) is 119 cm³/mol. The lowest BCUT2D eigenvalue weighted by Crippen LogP contribution is -2.37. The van der Waals surface area contributed by atoms with Gasteiger partial charge in [0.1, 0.15) is 17.5 Å². The molecule has 1 aromatic heterocycles. The van der Waals surface area contributed by atoms with Crippen molar-refractivity contribution in [1.29, 1.82) is 0 Å². The summed E-state index contributed by atoms with van der Waals surface area (Å²) in [6.45, 7) is 9.61. The quantitative estimate of drug-likeness (QED) is 0.534. The summed E-state index contributed by atoms with van der Waals surface area (Å²) < 4.78 is 13.2. The van der Waals surface area contributed by atoms with E-state index in [0.29, 0.717) is 12.3 Å². The minimum absolute atomic E-state index is 0. The largest absolute Gasteiger partial charge is 0.349 e.